The van der Waals surface area contributed by atoms with E-state index in [1.807, 2.05) is 0 Å². The van der Waals surface area contributed by atoms with Crippen molar-refractivity contribution >= 4 is 39.6 Å². The predicted octanol–water partition coefficient (Wildman–Crippen LogP) is 2.13. The average Bonchev–Trinajstić information content (AvgIpc) is 2.90. The number of ether oxygens (including phenoxy) is 1. The molecular formula is C12H16F4O6S3. The fraction of sp³-hybridized carbons (Fsp3) is 0.917. The van der Waals surface area contributed by atoms with Crippen molar-refractivity contribution in [3.8, 4) is 0 Å². The number of aliphatic hydroxyl groups excluding tert-OH is 1. The third-order valence-corrected chi connectivity index (χ3v) is 9.05. The normalized spacial score (nSPS) is 33.2. The van der Waals surface area contributed by atoms with Crippen LogP contribution in [0.1, 0.15) is 25.7 Å². The highest BCUT2D eigenvalue weighted by Gasteiger charge is 2.73. The van der Waals surface area contributed by atoms with Gasteiger partial charge in [0, 0.05) is 11.0 Å². The van der Waals surface area contributed by atoms with Gasteiger partial charge in [0.25, 0.3) is 0 Å². The summed E-state index contributed by atoms with van der Waals surface area (Å²) < 4.78 is 86.8. The van der Waals surface area contributed by atoms with Crippen LogP contribution < -0.4 is 0 Å². The van der Waals surface area contributed by atoms with Crippen LogP contribution in [-0.4, -0.2) is 63.0 Å². The van der Waals surface area contributed by atoms with E-state index in [2.05, 4.69) is 4.74 Å². The van der Waals surface area contributed by atoms with Gasteiger partial charge in [-0.2, -0.15) is 21.6 Å². The molecule has 4 atom stereocenters. The van der Waals surface area contributed by atoms with Crippen LogP contribution in [0.25, 0.3) is 0 Å². The summed E-state index contributed by atoms with van der Waals surface area (Å²) in [6, 6.07) is 0. The van der Waals surface area contributed by atoms with E-state index in [0.717, 1.165) is 0 Å². The zero-order valence-corrected chi connectivity index (χ0v) is 15.1. The quantitative estimate of drug-likeness (QED) is 0.399. The second kappa shape index (κ2) is 7.06. The van der Waals surface area contributed by atoms with Crippen LogP contribution in [0, 0.1) is 0 Å². The lowest BCUT2D eigenvalue weighted by Gasteiger charge is -2.40. The molecule has 0 aromatic carbocycles. The number of aliphatic hydroxyl groups is 1. The van der Waals surface area contributed by atoms with Crippen LogP contribution in [0.4, 0.5) is 17.6 Å². The number of halogens is 4. The van der Waals surface area contributed by atoms with E-state index in [1.54, 1.807) is 0 Å². The molecule has 0 aromatic heterocycles. The maximum absolute atomic E-state index is 14.1. The Labute approximate surface area is 149 Å². The van der Waals surface area contributed by atoms with Crippen LogP contribution in [0.3, 0.4) is 0 Å². The van der Waals surface area contributed by atoms with Crippen molar-refractivity contribution in [2.75, 3.05) is 12.4 Å². The molecule has 1 saturated heterocycles. The van der Waals surface area contributed by atoms with E-state index in [1.165, 1.54) is 23.5 Å². The molecule has 1 aliphatic carbocycles. The number of carbonyl (C=O) groups is 1. The highest BCUT2D eigenvalue weighted by molar-refractivity contribution is 8.21. The van der Waals surface area contributed by atoms with Crippen LogP contribution in [0.5, 0.6) is 0 Å². The molecule has 2 aliphatic rings. The lowest BCUT2D eigenvalue weighted by Crippen LogP contribution is -2.57. The predicted molar refractivity (Wildman–Crippen MR) is 83.4 cm³/mol. The Morgan fingerprint density at radius 1 is 1.28 bits per heavy atom. The van der Waals surface area contributed by atoms with Gasteiger partial charge < -0.3 is 9.84 Å². The van der Waals surface area contributed by atoms with Crippen molar-refractivity contribution in [3.05, 3.63) is 0 Å². The van der Waals surface area contributed by atoms with Gasteiger partial charge in [0.05, 0.1) is 10.7 Å². The van der Waals surface area contributed by atoms with Crippen molar-refractivity contribution in [2.45, 2.75) is 52.3 Å². The smallest absolute Gasteiger partial charge is 0.451 e. The minimum Gasteiger partial charge on any atom is -0.456 e. The van der Waals surface area contributed by atoms with Gasteiger partial charge in [-0.3, -0.25) is 4.55 Å². The Kier molecular flexibility index (Phi) is 5.95. The van der Waals surface area contributed by atoms with E-state index >= 15 is 0 Å². The van der Waals surface area contributed by atoms with Gasteiger partial charge in [0.1, 0.15) is 6.10 Å². The van der Waals surface area contributed by atoms with Crippen LogP contribution in [0.2, 0.25) is 0 Å². The van der Waals surface area contributed by atoms with E-state index in [-0.39, 0.29) is 18.3 Å². The molecule has 0 radical (unpaired) electrons. The third kappa shape index (κ3) is 3.75. The van der Waals surface area contributed by atoms with Crippen molar-refractivity contribution in [1.29, 1.82) is 0 Å². The molecule has 146 valence electrons. The zero-order valence-electron chi connectivity index (χ0n) is 12.7. The third-order valence-electron chi connectivity index (χ3n) is 4.05. The van der Waals surface area contributed by atoms with Gasteiger partial charge >= 0.3 is 27.3 Å². The molecule has 13 heteroatoms. The maximum Gasteiger partial charge on any atom is 0.451 e. The molecule has 1 aliphatic heterocycles. The van der Waals surface area contributed by atoms with E-state index in [0.29, 0.717) is 25.0 Å². The molecule has 0 bridgehead atoms. The molecule has 0 amide bonds. The van der Waals surface area contributed by atoms with Crippen LogP contribution in [0.15, 0.2) is 0 Å². The molecule has 4 unspecified atom stereocenters. The first-order valence-electron chi connectivity index (χ1n) is 7.24. The largest absolute Gasteiger partial charge is 0.456 e. The van der Waals surface area contributed by atoms with Gasteiger partial charge in [0.2, 0.25) is 0 Å². The van der Waals surface area contributed by atoms with E-state index in [9.17, 15) is 35.9 Å². The van der Waals surface area contributed by atoms with Gasteiger partial charge in [-0.25, -0.2) is 9.18 Å². The Bertz CT molecular complexity index is 627. The molecule has 1 heterocycles. The second-order valence-electron chi connectivity index (χ2n) is 5.75. The lowest BCUT2D eigenvalue weighted by atomic mass is 9.96. The highest BCUT2D eigenvalue weighted by atomic mass is 32.2. The summed E-state index contributed by atoms with van der Waals surface area (Å²) in [5.41, 5.74) is 0. The number of hydrogen-bond acceptors (Lipinski definition) is 7. The van der Waals surface area contributed by atoms with Crippen LogP contribution in [-0.2, 0) is 19.6 Å². The summed E-state index contributed by atoms with van der Waals surface area (Å²) in [6.45, 7) is -0.180. The van der Waals surface area contributed by atoms with Crippen LogP contribution >= 0.6 is 23.5 Å². The summed E-state index contributed by atoms with van der Waals surface area (Å²) in [4.78, 5) is 11.8. The minimum absolute atomic E-state index is 0.128. The van der Waals surface area contributed by atoms with Gasteiger partial charge in [0.15, 0.2) is 0 Å². The molecule has 2 rings (SSSR count). The maximum atomic E-state index is 14.1. The molecule has 6 nitrogen and oxygen atoms in total. The number of alkyl halides is 4. The first-order chi connectivity index (χ1) is 11.4. The zero-order chi connectivity index (χ0) is 19.1. The summed E-state index contributed by atoms with van der Waals surface area (Å²) in [5, 5.41) is 3.47. The molecule has 25 heavy (non-hydrogen) atoms. The van der Waals surface area contributed by atoms with Crippen molar-refractivity contribution in [2.24, 2.45) is 0 Å². The monoisotopic (exact) mass is 428 g/mol. The Morgan fingerprint density at radius 2 is 1.92 bits per heavy atom. The first-order valence-corrected chi connectivity index (χ1v) is 10.5. The van der Waals surface area contributed by atoms with Gasteiger partial charge in [-0.1, -0.05) is 6.42 Å². The van der Waals surface area contributed by atoms with Crippen molar-refractivity contribution in [3.63, 3.8) is 0 Å². The summed E-state index contributed by atoms with van der Waals surface area (Å²) >= 11 is 2.51. The number of hydrogen-bond donors (Lipinski definition) is 2. The van der Waals surface area contributed by atoms with E-state index in [4.69, 9.17) is 4.55 Å². The average molecular weight is 428 g/mol. The Balaban J connectivity index is 2.28. The summed E-state index contributed by atoms with van der Waals surface area (Å²) in [6.07, 6.45) is -5.58. The second-order valence-corrected chi connectivity index (χ2v) is 10.5. The van der Waals surface area contributed by atoms with Crippen molar-refractivity contribution < 1.29 is 45.2 Å². The Hall–Kier alpha value is -0.240. The van der Waals surface area contributed by atoms with Gasteiger partial charge in [-0.15, -0.1) is 23.5 Å². The summed E-state index contributed by atoms with van der Waals surface area (Å²) in [7, 11) is -6.44. The molecule has 0 aromatic rings. The lowest BCUT2D eigenvalue weighted by molar-refractivity contribution is -0.218. The molecule has 2 fully saturated rings. The first kappa shape index (κ1) is 21.1. The molecule has 1 saturated carbocycles. The number of rotatable bonds is 4. The number of thioether (sulfide) groups is 2. The number of esters is 1. The SMILES string of the molecule is O=C(OC1CCCCC12SCC(CO)S2)C(F)(C(F)(F)F)S(=O)(=O)O. The fourth-order valence-electron chi connectivity index (χ4n) is 2.78. The molecular weight excluding hydrogens is 412 g/mol. The minimum atomic E-state index is -6.44. The summed E-state index contributed by atoms with van der Waals surface area (Å²) in [5.74, 6) is -2.23. The molecule has 1 spiro atoms. The highest BCUT2D eigenvalue weighted by Crippen LogP contribution is 2.57. The van der Waals surface area contributed by atoms with Crippen molar-refractivity contribution in [1.82, 2.24) is 0 Å². The topological polar surface area (TPSA) is 101 Å². The molecule has 2 N–H and O–H groups in total. The Morgan fingerprint density at radius 3 is 2.40 bits per heavy atom. The van der Waals surface area contributed by atoms with Gasteiger partial charge in [-0.05, 0) is 19.3 Å². The van der Waals surface area contributed by atoms with E-state index < -0.39 is 37.4 Å². The standard InChI is InChI=1S/C12H16F4O6S3/c13-11(12(14,15)16,25(19,20)21)9(18)22-8-3-1-2-4-10(8)23-6-7(5-17)24-10/h7-8,17H,1-6H2,(H,19,20,21). The number of carbonyl (C=O) groups excluding carboxylic acids is 1. The fourth-order valence-corrected chi connectivity index (χ4v) is 7.12.